The van der Waals surface area contributed by atoms with Gasteiger partial charge in [0.15, 0.2) is 5.78 Å². The fourth-order valence-corrected chi connectivity index (χ4v) is 4.99. The molecule has 0 saturated carbocycles. The second kappa shape index (κ2) is 9.86. The van der Waals surface area contributed by atoms with Gasteiger partial charge in [0.2, 0.25) is 5.91 Å². The van der Waals surface area contributed by atoms with Crippen LogP contribution < -0.4 is 5.32 Å². The number of nitrogens with one attached hydrogen (secondary N) is 1. The average Bonchev–Trinajstić information content (AvgIpc) is 2.85. The summed E-state index contributed by atoms with van der Waals surface area (Å²) >= 11 is 0. The summed E-state index contributed by atoms with van der Waals surface area (Å²) in [5.74, 6) is -0.556. The maximum Gasteiger partial charge on any atom is 0.416 e. The van der Waals surface area contributed by atoms with Gasteiger partial charge < -0.3 is 10.2 Å². The number of amides is 1. The lowest BCUT2D eigenvalue weighted by molar-refractivity contribution is -0.138. The molecular weight excluding hydrogens is 500 g/mol. The van der Waals surface area contributed by atoms with E-state index in [0.29, 0.717) is 0 Å². The summed E-state index contributed by atoms with van der Waals surface area (Å²) in [6.07, 6.45) is 1.86. The Balaban J connectivity index is 1.85. The lowest BCUT2D eigenvalue weighted by atomic mass is 9.75. The quantitative estimate of drug-likeness (QED) is 0.427. The maximum absolute atomic E-state index is 16.4. The van der Waals surface area contributed by atoms with E-state index in [2.05, 4.69) is 21.2 Å². The molecule has 0 radical (unpaired) electrons. The van der Waals surface area contributed by atoms with Crippen LogP contribution in [0.1, 0.15) is 76.5 Å². The molecule has 2 heterocycles. The van der Waals surface area contributed by atoms with E-state index in [1.807, 2.05) is 0 Å². The third-order valence-corrected chi connectivity index (χ3v) is 7.10. The zero-order valence-electron chi connectivity index (χ0n) is 24.0. The topological polar surface area (TPSA) is 75.2 Å². The molecule has 1 aliphatic carbocycles. The number of likely N-dealkylation sites (tertiary alicyclic amines) is 1. The molecule has 4 rings (SSSR count). The van der Waals surface area contributed by atoms with Gasteiger partial charge in [0.05, 0.1) is 17.2 Å². The summed E-state index contributed by atoms with van der Waals surface area (Å²) < 4.78 is 81.4. The van der Waals surface area contributed by atoms with Crippen LogP contribution in [0.15, 0.2) is 23.8 Å². The van der Waals surface area contributed by atoms with Crippen LogP contribution in [-0.2, 0) is 15.8 Å². The summed E-state index contributed by atoms with van der Waals surface area (Å²) in [7, 11) is 0. The number of ketones is 1. The number of Topliss-reactive ketones (excluding diaryl/α,β-unsaturated/α-hetero) is 1. The van der Waals surface area contributed by atoms with Gasteiger partial charge in [-0.25, -0.2) is 14.4 Å². The molecule has 6 nitrogen and oxygen atoms in total. The molecule has 1 aromatic carbocycles. The highest BCUT2D eigenvalue weighted by molar-refractivity contribution is 6.08. The van der Waals surface area contributed by atoms with Gasteiger partial charge in [-0.1, -0.05) is 18.1 Å². The van der Waals surface area contributed by atoms with Crippen molar-refractivity contribution in [2.45, 2.75) is 64.3 Å². The number of alkyl halides is 4. The molecule has 38 heavy (non-hydrogen) atoms. The van der Waals surface area contributed by atoms with Crippen molar-refractivity contribution in [2.75, 3.05) is 18.4 Å². The molecule has 1 N–H and O–H groups in total. The first-order valence-corrected chi connectivity index (χ1v) is 12.0. The highest BCUT2D eigenvalue weighted by Crippen LogP contribution is 2.43. The molecule has 1 aromatic heterocycles. The Labute approximate surface area is 222 Å². The van der Waals surface area contributed by atoms with Crippen LogP contribution in [0.2, 0.25) is 0 Å². The first-order chi connectivity index (χ1) is 19.0. The largest absolute Gasteiger partial charge is 0.416 e. The molecule has 200 valence electrons. The first kappa shape index (κ1) is 23.4. The van der Waals surface area contributed by atoms with E-state index in [1.54, 1.807) is 0 Å². The van der Waals surface area contributed by atoms with Gasteiger partial charge in [0.1, 0.15) is 23.4 Å². The second-order valence-electron chi connectivity index (χ2n) is 9.51. The van der Waals surface area contributed by atoms with E-state index in [-0.39, 0.29) is 71.4 Å². The Morgan fingerprint density at radius 2 is 1.97 bits per heavy atom. The Hall–Kier alpha value is -3.74. The lowest BCUT2D eigenvalue weighted by Crippen LogP contribution is -2.46. The molecule has 1 fully saturated rings. The summed E-state index contributed by atoms with van der Waals surface area (Å²) in [5, 5.41) is 2.91. The number of hydrogen-bond acceptors (Lipinski definition) is 5. The highest BCUT2D eigenvalue weighted by Gasteiger charge is 2.45. The van der Waals surface area contributed by atoms with Crippen LogP contribution in [-0.4, -0.2) is 45.3 Å². The number of terminal acetylenes is 1. The first-order valence-electron chi connectivity index (χ1n) is 13.5. The number of hydrogen-bond donors (Lipinski definition) is 1. The van der Waals surface area contributed by atoms with E-state index in [1.165, 1.54) is 43.9 Å². The van der Waals surface area contributed by atoms with E-state index >= 15 is 4.39 Å². The van der Waals surface area contributed by atoms with Crippen molar-refractivity contribution in [3.63, 3.8) is 0 Å². The third-order valence-electron chi connectivity index (χ3n) is 7.10. The van der Waals surface area contributed by atoms with Crippen molar-refractivity contribution in [2.24, 2.45) is 0 Å². The van der Waals surface area contributed by atoms with Gasteiger partial charge in [0.25, 0.3) is 0 Å². The number of allylic oxidation sites excluding steroid dienone is 1. The van der Waals surface area contributed by atoms with Gasteiger partial charge in [-0.15, -0.1) is 6.42 Å². The van der Waals surface area contributed by atoms with Crippen LogP contribution in [0.4, 0.5) is 23.4 Å². The van der Waals surface area contributed by atoms with Gasteiger partial charge in [-0.2, -0.15) is 13.2 Å². The Kier molecular flexibility index (Phi) is 6.06. The standard InChI is InChI=1S/C28H28F4N4O2/c1-6-23(19-8-7-9-21(15(19)2)28(30,31)32)35-26-20-14-22(25(38)16(3)24(20)33-17(4)34-26)27(29)10-12-36(13-11-27)18(5)37/h1,7-9,14,16,23H,10-13H2,2-5H3,(H,33,34,35)/t16?,23-/m1/s1/i3D3. The van der Waals surface area contributed by atoms with E-state index in [9.17, 15) is 22.8 Å². The Morgan fingerprint density at radius 1 is 1.29 bits per heavy atom. The number of fused-ring (bicyclic) bond motifs is 1. The van der Waals surface area contributed by atoms with Crippen LogP contribution in [0.25, 0.3) is 6.08 Å². The molecule has 10 heteroatoms. The van der Waals surface area contributed by atoms with Crippen molar-refractivity contribution < 1.29 is 31.3 Å². The Bertz CT molecular complexity index is 1470. The predicted molar refractivity (Wildman–Crippen MR) is 135 cm³/mol. The summed E-state index contributed by atoms with van der Waals surface area (Å²) in [5.41, 5.74) is -3.59. The number of aromatic nitrogens is 2. The number of benzene rings is 1. The smallest absolute Gasteiger partial charge is 0.352 e. The second-order valence-corrected chi connectivity index (χ2v) is 9.51. The molecule has 1 unspecified atom stereocenters. The molecule has 2 aromatic rings. The molecule has 2 aliphatic rings. The van der Waals surface area contributed by atoms with Crippen LogP contribution in [0, 0.1) is 26.2 Å². The minimum absolute atomic E-state index is 0.0160. The van der Waals surface area contributed by atoms with Gasteiger partial charge in [0, 0.05) is 48.1 Å². The number of halogens is 4. The van der Waals surface area contributed by atoms with Crippen molar-refractivity contribution in [1.29, 1.82) is 0 Å². The summed E-state index contributed by atoms with van der Waals surface area (Å²) in [4.78, 5) is 35.3. The number of carbonyl (C=O) groups is 2. The van der Waals surface area contributed by atoms with Crippen molar-refractivity contribution in [3.05, 3.63) is 57.5 Å². The monoisotopic (exact) mass is 531 g/mol. The zero-order chi connectivity index (χ0) is 30.5. The predicted octanol–water partition coefficient (Wildman–Crippen LogP) is 5.32. The SMILES string of the molecule is [2H]C([2H])([2H])C1C(=O)C(C2(F)CCN(C(C)=O)CC2)=Cc2c(N[C@H](C#C)c3cccc(C(F)(F)F)c3C)nc(C)nc21. The number of carbonyl (C=O) groups excluding carboxylic acids is 2. The molecule has 1 aliphatic heterocycles. The van der Waals surface area contributed by atoms with Gasteiger partial charge in [-0.05, 0) is 44.0 Å². The summed E-state index contributed by atoms with van der Waals surface area (Å²) in [6.45, 7) is 1.26. The number of nitrogens with zero attached hydrogens (tertiary/aromatic N) is 3. The third kappa shape index (κ3) is 4.89. The van der Waals surface area contributed by atoms with Crippen molar-refractivity contribution >= 4 is 23.6 Å². The van der Waals surface area contributed by atoms with E-state index in [4.69, 9.17) is 10.5 Å². The molecule has 0 bridgehead atoms. The molecule has 2 atom stereocenters. The fourth-order valence-electron chi connectivity index (χ4n) is 4.99. The number of anilines is 1. The van der Waals surface area contributed by atoms with E-state index in [0.717, 1.165) is 6.07 Å². The highest BCUT2D eigenvalue weighted by atomic mass is 19.4. The summed E-state index contributed by atoms with van der Waals surface area (Å²) in [6, 6.07) is 2.44. The zero-order valence-corrected chi connectivity index (χ0v) is 21.0. The molecule has 1 saturated heterocycles. The van der Waals surface area contributed by atoms with Crippen molar-refractivity contribution in [1.82, 2.24) is 14.9 Å². The maximum atomic E-state index is 16.4. The minimum Gasteiger partial charge on any atom is -0.352 e. The Morgan fingerprint density at radius 3 is 2.55 bits per heavy atom. The molecule has 0 spiro atoms. The van der Waals surface area contributed by atoms with Crippen LogP contribution in [0.5, 0.6) is 0 Å². The van der Waals surface area contributed by atoms with Crippen LogP contribution >= 0.6 is 0 Å². The van der Waals surface area contributed by atoms with Gasteiger partial charge >= 0.3 is 6.18 Å². The normalized spacial score (nSPS) is 21.3. The number of aryl methyl sites for hydroxylation is 1. The fraction of sp³-hybridized carbons (Fsp3) is 0.429. The minimum atomic E-state index is -4.62. The number of piperidine rings is 1. The molecular formula is C28H28F4N4O2. The average molecular weight is 532 g/mol. The van der Waals surface area contributed by atoms with E-state index < -0.39 is 42.0 Å². The van der Waals surface area contributed by atoms with Crippen LogP contribution in [0.3, 0.4) is 0 Å². The van der Waals surface area contributed by atoms with Crippen molar-refractivity contribution in [3.8, 4) is 12.3 Å². The molecule has 1 amide bonds. The lowest BCUT2D eigenvalue weighted by Gasteiger charge is -2.38. The van der Waals surface area contributed by atoms with Gasteiger partial charge in [-0.3, -0.25) is 9.59 Å². The number of rotatable bonds is 4.